The normalized spacial score (nSPS) is 13.3. The second-order valence-electron chi connectivity index (χ2n) is 7.08. The fourth-order valence-electron chi connectivity index (χ4n) is 3.15. The van der Waals surface area contributed by atoms with Gasteiger partial charge in [0.1, 0.15) is 0 Å². The van der Waals surface area contributed by atoms with Gasteiger partial charge in [0.15, 0.2) is 0 Å². The van der Waals surface area contributed by atoms with Gasteiger partial charge in [-0.25, -0.2) is 0 Å². The molecule has 0 saturated heterocycles. The Morgan fingerprint density at radius 2 is 1.12 bits per heavy atom. The smallest absolute Gasteiger partial charge is 0.269 e. The largest absolute Gasteiger partial charge is 0.318 e. The zero-order valence-corrected chi connectivity index (χ0v) is 16.9. The molecular weight excluding hydrogens is 322 g/mol. The summed E-state index contributed by atoms with van der Waals surface area (Å²) >= 11 is 0. The molecule has 0 spiro atoms. The van der Waals surface area contributed by atoms with Crippen LogP contribution in [-0.2, 0) is 10.1 Å². The maximum Gasteiger partial charge on any atom is 0.269 e. The highest BCUT2D eigenvalue weighted by Crippen LogP contribution is 2.15. The molecule has 0 aliphatic carbocycles. The van der Waals surface area contributed by atoms with Gasteiger partial charge < -0.3 is 5.32 Å². The highest BCUT2D eigenvalue weighted by atomic mass is 32.2. The van der Waals surface area contributed by atoms with Crippen LogP contribution in [0.25, 0.3) is 0 Å². The van der Waals surface area contributed by atoms with Crippen LogP contribution < -0.4 is 5.32 Å². The van der Waals surface area contributed by atoms with Gasteiger partial charge in [-0.1, -0.05) is 96.8 Å². The standard InChI is InChI=1S/C19H41NO3S/c1-3-4-5-6-7-8-9-10-11-12-13-14-15-16-17-19(18-20-2)24(21,22)23/h19-20H,3-18H2,1-2H3,(H,21,22,23). The van der Waals surface area contributed by atoms with E-state index in [0.717, 1.165) is 12.8 Å². The SMILES string of the molecule is CCCCCCCCCCCCCCCCC(CNC)S(=O)(=O)O. The first kappa shape index (κ1) is 23.9. The zero-order valence-electron chi connectivity index (χ0n) is 16.1. The van der Waals surface area contributed by atoms with Crippen LogP contribution in [0.15, 0.2) is 0 Å². The Morgan fingerprint density at radius 1 is 0.750 bits per heavy atom. The van der Waals surface area contributed by atoms with E-state index < -0.39 is 15.4 Å². The number of unbranched alkanes of at least 4 members (excludes halogenated alkanes) is 13. The minimum Gasteiger partial charge on any atom is -0.318 e. The van der Waals surface area contributed by atoms with Crippen molar-refractivity contribution in [2.45, 2.75) is 108 Å². The van der Waals surface area contributed by atoms with E-state index in [2.05, 4.69) is 12.2 Å². The van der Waals surface area contributed by atoms with Gasteiger partial charge in [-0.2, -0.15) is 8.42 Å². The van der Waals surface area contributed by atoms with Crippen molar-refractivity contribution in [1.29, 1.82) is 0 Å². The van der Waals surface area contributed by atoms with Crippen molar-refractivity contribution in [3.63, 3.8) is 0 Å². The molecule has 0 rings (SSSR count). The van der Waals surface area contributed by atoms with Crippen LogP contribution in [0.1, 0.15) is 103 Å². The van der Waals surface area contributed by atoms with Gasteiger partial charge in [-0.3, -0.25) is 4.55 Å². The lowest BCUT2D eigenvalue weighted by molar-refractivity contribution is 0.451. The predicted octanol–water partition coefficient (Wildman–Crippen LogP) is 5.33. The lowest BCUT2D eigenvalue weighted by atomic mass is 10.0. The summed E-state index contributed by atoms with van der Waals surface area (Å²) in [6.45, 7) is 2.59. The molecule has 0 aromatic heterocycles. The molecule has 1 atom stereocenters. The average molecular weight is 364 g/mol. The highest BCUT2D eigenvalue weighted by Gasteiger charge is 2.21. The lowest BCUT2D eigenvalue weighted by Gasteiger charge is -2.12. The van der Waals surface area contributed by atoms with Crippen LogP contribution in [-0.4, -0.2) is 31.8 Å². The summed E-state index contributed by atoms with van der Waals surface area (Å²) < 4.78 is 31.5. The van der Waals surface area contributed by atoms with Crippen LogP contribution in [0.2, 0.25) is 0 Å². The molecule has 0 saturated carbocycles. The van der Waals surface area contributed by atoms with Gasteiger partial charge in [0, 0.05) is 6.54 Å². The molecule has 24 heavy (non-hydrogen) atoms. The third-order valence-corrected chi connectivity index (χ3v) is 5.98. The van der Waals surface area contributed by atoms with E-state index in [4.69, 9.17) is 4.55 Å². The van der Waals surface area contributed by atoms with Crippen LogP contribution in [0.5, 0.6) is 0 Å². The molecule has 0 heterocycles. The van der Waals surface area contributed by atoms with Crippen molar-refractivity contribution in [2.24, 2.45) is 0 Å². The molecular formula is C19H41NO3S. The second-order valence-corrected chi connectivity index (χ2v) is 8.78. The summed E-state index contributed by atoms with van der Waals surface area (Å²) in [5.74, 6) is 0. The first-order chi connectivity index (χ1) is 11.5. The summed E-state index contributed by atoms with van der Waals surface area (Å²) in [6, 6.07) is 0. The molecule has 1 unspecified atom stereocenters. The zero-order chi connectivity index (χ0) is 18.1. The third kappa shape index (κ3) is 15.4. The summed E-state index contributed by atoms with van der Waals surface area (Å²) in [4.78, 5) is 0. The van der Waals surface area contributed by atoms with Crippen LogP contribution >= 0.6 is 0 Å². The van der Waals surface area contributed by atoms with Gasteiger partial charge in [0.2, 0.25) is 0 Å². The van der Waals surface area contributed by atoms with E-state index in [0.29, 0.717) is 13.0 Å². The molecule has 0 bridgehead atoms. The summed E-state index contributed by atoms with van der Waals surface area (Å²) in [6.07, 6.45) is 18.6. The number of hydrogen-bond donors (Lipinski definition) is 2. The monoisotopic (exact) mass is 363 g/mol. The first-order valence-electron chi connectivity index (χ1n) is 10.1. The maximum absolute atomic E-state index is 11.2. The van der Waals surface area contributed by atoms with Crippen molar-refractivity contribution in [2.75, 3.05) is 13.6 Å². The Balaban J connectivity index is 3.33. The molecule has 0 aromatic rings. The van der Waals surface area contributed by atoms with E-state index in [9.17, 15) is 8.42 Å². The fraction of sp³-hybridized carbons (Fsp3) is 1.00. The molecule has 2 N–H and O–H groups in total. The average Bonchev–Trinajstić information content (AvgIpc) is 2.53. The summed E-state index contributed by atoms with van der Waals surface area (Å²) in [5, 5.41) is 2.18. The molecule has 0 aromatic carbocycles. The molecule has 5 heteroatoms. The van der Waals surface area contributed by atoms with Crippen molar-refractivity contribution in [3.8, 4) is 0 Å². The Hall–Kier alpha value is -0.130. The topological polar surface area (TPSA) is 66.4 Å². The molecule has 146 valence electrons. The van der Waals surface area contributed by atoms with Crippen molar-refractivity contribution in [3.05, 3.63) is 0 Å². The fourth-order valence-corrected chi connectivity index (χ4v) is 3.99. The van der Waals surface area contributed by atoms with Gasteiger partial charge in [0.25, 0.3) is 10.1 Å². The van der Waals surface area contributed by atoms with Crippen LogP contribution in [0, 0.1) is 0 Å². The molecule has 4 nitrogen and oxygen atoms in total. The molecule has 0 amide bonds. The van der Waals surface area contributed by atoms with E-state index >= 15 is 0 Å². The Bertz CT molecular complexity index is 358. The van der Waals surface area contributed by atoms with Gasteiger partial charge in [-0.15, -0.1) is 0 Å². The maximum atomic E-state index is 11.2. The molecule has 0 radical (unpaired) electrons. The predicted molar refractivity (Wildman–Crippen MR) is 104 cm³/mol. The van der Waals surface area contributed by atoms with Gasteiger partial charge >= 0.3 is 0 Å². The number of rotatable bonds is 18. The molecule has 0 aliphatic rings. The highest BCUT2D eigenvalue weighted by molar-refractivity contribution is 7.86. The number of nitrogens with one attached hydrogen (secondary N) is 1. The third-order valence-electron chi connectivity index (χ3n) is 4.73. The Labute approximate surface area is 150 Å². The van der Waals surface area contributed by atoms with Gasteiger partial charge in [0.05, 0.1) is 5.25 Å². The minimum atomic E-state index is -3.91. The Morgan fingerprint density at radius 3 is 1.46 bits per heavy atom. The lowest BCUT2D eigenvalue weighted by Crippen LogP contribution is -2.31. The van der Waals surface area contributed by atoms with E-state index in [1.807, 2.05) is 0 Å². The molecule has 0 fully saturated rings. The van der Waals surface area contributed by atoms with E-state index in [1.165, 1.54) is 77.0 Å². The first-order valence-corrected chi connectivity index (χ1v) is 11.6. The molecule has 0 aliphatic heterocycles. The van der Waals surface area contributed by atoms with Crippen molar-refractivity contribution in [1.82, 2.24) is 5.32 Å². The Kier molecular flexibility index (Phi) is 16.3. The van der Waals surface area contributed by atoms with Crippen molar-refractivity contribution < 1.29 is 13.0 Å². The van der Waals surface area contributed by atoms with Crippen LogP contribution in [0.3, 0.4) is 0 Å². The van der Waals surface area contributed by atoms with Crippen LogP contribution in [0.4, 0.5) is 0 Å². The second kappa shape index (κ2) is 16.3. The quantitative estimate of drug-likeness (QED) is 0.255. The summed E-state index contributed by atoms with van der Waals surface area (Å²) in [7, 11) is -2.20. The van der Waals surface area contributed by atoms with E-state index in [-0.39, 0.29) is 0 Å². The number of hydrogen-bond acceptors (Lipinski definition) is 3. The van der Waals surface area contributed by atoms with E-state index in [1.54, 1.807) is 7.05 Å². The van der Waals surface area contributed by atoms with Gasteiger partial charge in [-0.05, 0) is 13.5 Å². The van der Waals surface area contributed by atoms with Crippen molar-refractivity contribution >= 4 is 10.1 Å². The summed E-state index contributed by atoms with van der Waals surface area (Å²) in [5.41, 5.74) is 0. The minimum absolute atomic E-state index is 0.331.